The first-order valence-corrected chi connectivity index (χ1v) is 7.45. The molecule has 0 radical (unpaired) electrons. The lowest BCUT2D eigenvalue weighted by molar-refractivity contribution is -0.122. The van der Waals surface area contributed by atoms with Crippen molar-refractivity contribution in [3.8, 4) is 0 Å². The number of amides is 1. The van der Waals surface area contributed by atoms with E-state index in [0.717, 1.165) is 25.9 Å². The van der Waals surface area contributed by atoms with Crippen LogP contribution in [0.15, 0.2) is 0 Å². The summed E-state index contributed by atoms with van der Waals surface area (Å²) < 4.78 is 0. The molecule has 0 saturated carbocycles. The summed E-state index contributed by atoms with van der Waals surface area (Å²) in [5, 5.41) is 6.74. The van der Waals surface area contributed by atoms with Gasteiger partial charge in [0.2, 0.25) is 5.91 Å². The summed E-state index contributed by atoms with van der Waals surface area (Å²) in [6.45, 7) is 6.90. The summed E-state index contributed by atoms with van der Waals surface area (Å²) in [4.78, 5) is 14.3. The van der Waals surface area contributed by atoms with Gasteiger partial charge in [-0.1, -0.05) is 13.3 Å². The molecule has 0 aliphatic carbocycles. The van der Waals surface area contributed by atoms with Gasteiger partial charge >= 0.3 is 0 Å². The molecule has 0 aromatic heterocycles. The number of fused-ring (bicyclic) bond motifs is 2. The maximum absolute atomic E-state index is 11.9. The maximum atomic E-state index is 11.9. The second-order valence-electron chi connectivity index (χ2n) is 5.92. The fraction of sp³-hybridized carbons (Fsp3) is 0.929. The SMILES string of the molecule is CCCC(C)NC(=O)CN1CCC2CCC(C1)N2. The monoisotopic (exact) mass is 253 g/mol. The van der Waals surface area contributed by atoms with Crippen LogP contribution < -0.4 is 10.6 Å². The third-order valence-corrected chi connectivity index (χ3v) is 4.10. The third-order valence-electron chi connectivity index (χ3n) is 4.10. The lowest BCUT2D eigenvalue weighted by Gasteiger charge is -2.24. The number of carbonyl (C=O) groups excluding carboxylic acids is 1. The second kappa shape index (κ2) is 6.53. The van der Waals surface area contributed by atoms with Crippen LogP contribution in [0.5, 0.6) is 0 Å². The molecule has 0 spiro atoms. The van der Waals surface area contributed by atoms with Crippen LogP contribution >= 0.6 is 0 Å². The fourth-order valence-electron chi connectivity index (χ4n) is 3.19. The van der Waals surface area contributed by atoms with Gasteiger partial charge in [0.15, 0.2) is 0 Å². The standard InChI is InChI=1S/C14H27N3O/c1-3-4-11(2)15-14(18)10-17-8-7-12-5-6-13(9-17)16-12/h11-13,16H,3-10H2,1-2H3,(H,15,18). The van der Waals surface area contributed by atoms with Crippen LogP contribution in [0.4, 0.5) is 0 Å². The molecule has 18 heavy (non-hydrogen) atoms. The minimum absolute atomic E-state index is 0.189. The minimum Gasteiger partial charge on any atom is -0.353 e. The zero-order valence-electron chi connectivity index (χ0n) is 11.7. The van der Waals surface area contributed by atoms with Crippen molar-refractivity contribution in [1.29, 1.82) is 0 Å². The lowest BCUT2D eigenvalue weighted by Crippen LogP contribution is -2.43. The highest BCUT2D eigenvalue weighted by Crippen LogP contribution is 2.20. The Hall–Kier alpha value is -0.610. The Morgan fingerprint density at radius 2 is 2.17 bits per heavy atom. The molecule has 2 saturated heterocycles. The molecule has 2 aliphatic rings. The van der Waals surface area contributed by atoms with Crippen molar-refractivity contribution < 1.29 is 4.79 Å². The Morgan fingerprint density at radius 3 is 2.94 bits per heavy atom. The van der Waals surface area contributed by atoms with E-state index in [0.29, 0.717) is 24.7 Å². The summed E-state index contributed by atoms with van der Waals surface area (Å²) in [7, 11) is 0. The second-order valence-corrected chi connectivity index (χ2v) is 5.92. The van der Waals surface area contributed by atoms with Crippen LogP contribution in [0, 0.1) is 0 Å². The van der Waals surface area contributed by atoms with Crippen LogP contribution in [0.1, 0.15) is 46.0 Å². The molecule has 0 aromatic carbocycles. The lowest BCUT2D eigenvalue weighted by atomic mass is 10.1. The first-order chi connectivity index (χ1) is 8.67. The number of nitrogens with zero attached hydrogens (tertiary/aromatic N) is 1. The van der Waals surface area contributed by atoms with E-state index in [4.69, 9.17) is 0 Å². The van der Waals surface area contributed by atoms with E-state index >= 15 is 0 Å². The Balaban J connectivity index is 1.73. The molecule has 3 atom stereocenters. The van der Waals surface area contributed by atoms with E-state index in [1.165, 1.54) is 19.3 Å². The Labute approximate surface area is 110 Å². The topological polar surface area (TPSA) is 44.4 Å². The summed E-state index contributed by atoms with van der Waals surface area (Å²) in [6.07, 6.45) is 5.97. The van der Waals surface area contributed by atoms with Crippen molar-refractivity contribution in [2.75, 3.05) is 19.6 Å². The Bertz CT molecular complexity index is 282. The summed E-state index contributed by atoms with van der Waals surface area (Å²) in [6, 6.07) is 1.62. The number of rotatable bonds is 5. The minimum atomic E-state index is 0.189. The molecule has 104 valence electrons. The quantitative estimate of drug-likeness (QED) is 0.771. The molecule has 2 aliphatic heterocycles. The molecular formula is C14H27N3O. The number of likely N-dealkylation sites (tertiary alicyclic amines) is 1. The molecule has 2 N–H and O–H groups in total. The molecule has 4 nitrogen and oxygen atoms in total. The van der Waals surface area contributed by atoms with E-state index in [1.807, 2.05) is 0 Å². The van der Waals surface area contributed by atoms with Gasteiger partial charge in [0.25, 0.3) is 0 Å². The largest absolute Gasteiger partial charge is 0.353 e. The maximum Gasteiger partial charge on any atom is 0.234 e. The zero-order valence-corrected chi connectivity index (χ0v) is 11.7. The normalized spacial score (nSPS) is 29.9. The van der Waals surface area contributed by atoms with Gasteiger partial charge in [-0.25, -0.2) is 0 Å². The Morgan fingerprint density at radius 1 is 1.39 bits per heavy atom. The van der Waals surface area contributed by atoms with Crippen molar-refractivity contribution in [2.24, 2.45) is 0 Å². The van der Waals surface area contributed by atoms with Gasteiger partial charge in [0.05, 0.1) is 6.54 Å². The predicted molar refractivity (Wildman–Crippen MR) is 73.5 cm³/mol. The first kappa shape index (κ1) is 13.8. The smallest absolute Gasteiger partial charge is 0.234 e. The van der Waals surface area contributed by atoms with Gasteiger partial charge in [0.1, 0.15) is 0 Å². The van der Waals surface area contributed by atoms with Crippen LogP contribution in [0.25, 0.3) is 0 Å². The van der Waals surface area contributed by atoms with Crippen molar-refractivity contribution in [1.82, 2.24) is 15.5 Å². The van der Waals surface area contributed by atoms with E-state index in [2.05, 4.69) is 29.4 Å². The number of hydrogen-bond acceptors (Lipinski definition) is 3. The van der Waals surface area contributed by atoms with Gasteiger partial charge in [-0.05, 0) is 32.6 Å². The van der Waals surface area contributed by atoms with E-state index < -0.39 is 0 Å². The van der Waals surface area contributed by atoms with Crippen LogP contribution in [-0.2, 0) is 4.79 Å². The van der Waals surface area contributed by atoms with Gasteiger partial charge in [-0.3, -0.25) is 9.69 Å². The highest BCUT2D eigenvalue weighted by molar-refractivity contribution is 5.78. The number of hydrogen-bond donors (Lipinski definition) is 2. The average molecular weight is 253 g/mol. The van der Waals surface area contributed by atoms with Crippen molar-refractivity contribution >= 4 is 5.91 Å². The number of carbonyl (C=O) groups is 1. The van der Waals surface area contributed by atoms with Crippen molar-refractivity contribution in [2.45, 2.75) is 64.1 Å². The summed E-state index contributed by atoms with van der Waals surface area (Å²) >= 11 is 0. The van der Waals surface area contributed by atoms with E-state index in [9.17, 15) is 4.79 Å². The zero-order chi connectivity index (χ0) is 13.0. The fourth-order valence-corrected chi connectivity index (χ4v) is 3.19. The van der Waals surface area contributed by atoms with Crippen LogP contribution in [-0.4, -0.2) is 48.6 Å². The molecule has 2 fully saturated rings. The molecule has 1 amide bonds. The Kier molecular flexibility index (Phi) is 5.01. The average Bonchev–Trinajstić information content (AvgIpc) is 2.63. The van der Waals surface area contributed by atoms with Crippen molar-refractivity contribution in [3.05, 3.63) is 0 Å². The predicted octanol–water partition coefficient (Wildman–Crippen LogP) is 1.12. The summed E-state index contributed by atoms with van der Waals surface area (Å²) in [5.74, 6) is 0.189. The molecular weight excluding hydrogens is 226 g/mol. The van der Waals surface area contributed by atoms with Crippen LogP contribution in [0.2, 0.25) is 0 Å². The van der Waals surface area contributed by atoms with Gasteiger partial charge in [-0.15, -0.1) is 0 Å². The molecule has 3 unspecified atom stereocenters. The highest BCUT2D eigenvalue weighted by Gasteiger charge is 2.29. The molecule has 2 rings (SSSR count). The highest BCUT2D eigenvalue weighted by atomic mass is 16.2. The first-order valence-electron chi connectivity index (χ1n) is 7.45. The molecule has 0 aromatic rings. The van der Waals surface area contributed by atoms with Gasteiger partial charge in [0, 0.05) is 31.2 Å². The van der Waals surface area contributed by atoms with Gasteiger partial charge < -0.3 is 10.6 Å². The molecule has 2 bridgehead atoms. The molecule has 2 heterocycles. The van der Waals surface area contributed by atoms with Gasteiger partial charge in [-0.2, -0.15) is 0 Å². The van der Waals surface area contributed by atoms with Crippen molar-refractivity contribution in [3.63, 3.8) is 0 Å². The summed E-state index contributed by atoms with van der Waals surface area (Å²) in [5.41, 5.74) is 0. The third kappa shape index (κ3) is 3.95. The van der Waals surface area contributed by atoms with E-state index in [1.54, 1.807) is 0 Å². The number of nitrogens with one attached hydrogen (secondary N) is 2. The molecule has 4 heteroatoms. The van der Waals surface area contributed by atoms with Crippen LogP contribution in [0.3, 0.4) is 0 Å². The van der Waals surface area contributed by atoms with E-state index in [-0.39, 0.29) is 5.91 Å².